The zero-order valence-electron chi connectivity index (χ0n) is 12.0. The molecule has 1 aromatic carbocycles. The predicted octanol–water partition coefficient (Wildman–Crippen LogP) is 4.14. The lowest BCUT2D eigenvalue weighted by atomic mass is 9.90. The first-order chi connectivity index (χ1) is 10.9. The highest BCUT2D eigenvalue weighted by atomic mass is 14.7. The molecule has 4 rings (SSSR count). The molecule has 1 N–H and O–H groups in total. The van der Waals surface area contributed by atoms with Crippen molar-refractivity contribution in [2.24, 2.45) is 0 Å². The van der Waals surface area contributed by atoms with Gasteiger partial charge in [0, 0.05) is 29.7 Å². The van der Waals surface area contributed by atoms with Gasteiger partial charge in [0.1, 0.15) is 0 Å². The molecular weight excluding hydrogens is 270 g/mol. The number of nitrogens with one attached hydrogen (secondary N) is 1. The molecule has 0 fully saturated rings. The molecular formula is C19H15N3. The lowest BCUT2D eigenvalue weighted by Gasteiger charge is -2.17. The molecule has 3 aromatic heterocycles. The maximum Gasteiger partial charge on any atom is 0.0744 e. The molecule has 0 saturated carbocycles. The van der Waals surface area contributed by atoms with Crippen LogP contribution in [0.4, 0.5) is 0 Å². The largest absolute Gasteiger partial charge is 0.364 e. The van der Waals surface area contributed by atoms with Crippen molar-refractivity contribution >= 4 is 10.9 Å². The molecule has 4 aromatic rings. The van der Waals surface area contributed by atoms with Crippen LogP contribution in [0, 0.1) is 0 Å². The van der Waals surface area contributed by atoms with Crippen LogP contribution in [0.5, 0.6) is 0 Å². The lowest BCUT2D eigenvalue weighted by molar-refractivity contribution is 0.891. The molecule has 3 heterocycles. The van der Waals surface area contributed by atoms with Gasteiger partial charge in [-0.05, 0) is 35.9 Å². The van der Waals surface area contributed by atoms with Gasteiger partial charge in [0.25, 0.3) is 0 Å². The second kappa shape index (κ2) is 5.45. The van der Waals surface area contributed by atoms with Gasteiger partial charge in [0.2, 0.25) is 0 Å². The van der Waals surface area contributed by atoms with E-state index in [1.54, 1.807) is 0 Å². The minimum Gasteiger partial charge on any atom is -0.364 e. The zero-order valence-corrected chi connectivity index (χ0v) is 12.0. The summed E-state index contributed by atoms with van der Waals surface area (Å²) in [6, 6.07) is 20.5. The number of benzene rings is 1. The Kier molecular flexibility index (Phi) is 3.16. The third-order valence-corrected chi connectivity index (χ3v) is 3.89. The quantitative estimate of drug-likeness (QED) is 0.614. The standard InChI is InChI=1S/C19H15N3/c1-2-11-20-16(9-1)18(17-10-5-12-21-17)15-8-3-6-14-7-4-13-22-19(14)15/h1-13,18,21H. The number of fused-ring (bicyclic) bond motifs is 1. The highest BCUT2D eigenvalue weighted by Crippen LogP contribution is 2.33. The first-order valence-corrected chi connectivity index (χ1v) is 7.31. The van der Waals surface area contributed by atoms with Gasteiger partial charge >= 0.3 is 0 Å². The summed E-state index contributed by atoms with van der Waals surface area (Å²) in [6.45, 7) is 0. The van der Waals surface area contributed by atoms with E-state index < -0.39 is 0 Å². The number of aromatic amines is 1. The molecule has 1 atom stereocenters. The predicted molar refractivity (Wildman–Crippen MR) is 87.7 cm³/mol. The maximum atomic E-state index is 4.60. The second-order valence-corrected chi connectivity index (χ2v) is 5.24. The average Bonchev–Trinajstić information content (AvgIpc) is 3.11. The van der Waals surface area contributed by atoms with E-state index in [1.165, 1.54) is 5.56 Å². The number of para-hydroxylation sites is 1. The van der Waals surface area contributed by atoms with Gasteiger partial charge in [-0.3, -0.25) is 9.97 Å². The van der Waals surface area contributed by atoms with E-state index in [1.807, 2.05) is 42.9 Å². The number of hydrogen-bond acceptors (Lipinski definition) is 2. The van der Waals surface area contributed by atoms with E-state index in [-0.39, 0.29) is 5.92 Å². The van der Waals surface area contributed by atoms with Gasteiger partial charge in [-0.2, -0.15) is 0 Å². The minimum absolute atomic E-state index is 0.0507. The molecule has 0 bridgehead atoms. The van der Waals surface area contributed by atoms with Crippen LogP contribution < -0.4 is 0 Å². The fourth-order valence-corrected chi connectivity index (χ4v) is 2.92. The van der Waals surface area contributed by atoms with Crippen LogP contribution in [0.25, 0.3) is 10.9 Å². The molecule has 3 heteroatoms. The smallest absolute Gasteiger partial charge is 0.0744 e. The van der Waals surface area contributed by atoms with E-state index in [9.17, 15) is 0 Å². The van der Waals surface area contributed by atoms with Crippen LogP contribution in [-0.2, 0) is 0 Å². The van der Waals surface area contributed by atoms with Crippen LogP contribution >= 0.6 is 0 Å². The van der Waals surface area contributed by atoms with Crippen LogP contribution in [0.1, 0.15) is 22.9 Å². The summed E-state index contributed by atoms with van der Waals surface area (Å²) in [7, 11) is 0. The second-order valence-electron chi connectivity index (χ2n) is 5.24. The minimum atomic E-state index is 0.0507. The van der Waals surface area contributed by atoms with E-state index in [0.29, 0.717) is 0 Å². The Labute approximate surface area is 128 Å². The van der Waals surface area contributed by atoms with E-state index in [2.05, 4.69) is 51.4 Å². The molecule has 106 valence electrons. The SMILES string of the molecule is c1ccc(C(c2ccc[nH]2)c2cccc3cccnc23)nc1. The van der Waals surface area contributed by atoms with Crippen LogP contribution in [0.3, 0.4) is 0 Å². The van der Waals surface area contributed by atoms with Crippen molar-refractivity contribution in [2.75, 3.05) is 0 Å². The Balaban J connectivity index is 1.98. The number of rotatable bonds is 3. The molecule has 1 unspecified atom stereocenters. The molecule has 0 amide bonds. The molecule has 0 saturated heterocycles. The molecule has 0 spiro atoms. The summed E-state index contributed by atoms with van der Waals surface area (Å²) < 4.78 is 0. The summed E-state index contributed by atoms with van der Waals surface area (Å²) in [5.74, 6) is 0.0507. The Morgan fingerprint density at radius 1 is 0.773 bits per heavy atom. The summed E-state index contributed by atoms with van der Waals surface area (Å²) >= 11 is 0. The first kappa shape index (κ1) is 12.8. The lowest BCUT2D eigenvalue weighted by Crippen LogP contribution is -2.07. The fourth-order valence-electron chi connectivity index (χ4n) is 2.92. The Hall–Kier alpha value is -2.94. The van der Waals surface area contributed by atoms with Crippen molar-refractivity contribution in [2.45, 2.75) is 5.92 Å². The van der Waals surface area contributed by atoms with Gasteiger partial charge in [0.15, 0.2) is 0 Å². The highest BCUT2D eigenvalue weighted by molar-refractivity contribution is 5.83. The van der Waals surface area contributed by atoms with Crippen molar-refractivity contribution in [3.63, 3.8) is 0 Å². The highest BCUT2D eigenvalue weighted by Gasteiger charge is 2.21. The van der Waals surface area contributed by atoms with E-state index in [0.717, 1.165) is 22.3 Å². The van der Waals surface area contributed by atoms with Crippen LogP contribution in [0.15, 0.2) is 79.3 Å². The summed E-state index contributed by atoms with van der Waals surface area (Å²) in [4.78, 5) is 12.5. The number of nitrogens with zero attached hydrogens (tertiary/aromatic N) is 2. The van der Waals surface area contributed by atoms with Gasteiger partial charge in [-0.25, -0.2) is 0 Å². The number of aromatic nitrogens is 3. The monoisotopic (exact) mass is 285 g/mol. The third-order valence-electron chi connectivity index (χ3n) is 3.89. The van der Waals surface area contributed by atoms with Crippen LogP contribution in [0.2, 0.25) is 0 Å². The van der Waals surface area contributed by atoms with Crippen molar-refractivity contribution in [1.29, 1.82) is 0 Å². The zero-order chi connectivity index (χ0) is 14.8. The van der Waals surface area contributed by atoms with Crippen molar-refractivity contribution in [1.82, 2.24) is 15.0 Å². The summed E-state index contributed by atoms with van der Waals surface area (Å²) in [5.41, 5.74) is 4.33. The van der Waals surface area contributed by atoms with Crippen LogP contribution in [-0.4, -0.2) is 15.0 Å². The van der Waals surface area contributed by atoms with Gasteiger partial charge in [0.05, 0.1) is 17.1 Å². The molecule has 22 heavy (non-hydrogen) atoms. The number of hydrogen-bond donors (Lipinski definition) is 1. The Morgan fingerprint density at radius 3 is 2.50 bits per heavy atom. The van der Waals surface area contributed by atoms with Gasteiger partial charge < -0.3 is 4.98 Å². The third kappa shape index (κ3) is 2.17. The summed E-state index contributed by atoms with van der Waals surface area (Å²) in [5, 5.41) is 1.15. The number of pyridine rings is 2. The van der Waals surface area contributed by atoms with Crippen molar-refractivity contribution < 1.29 is 0 Å². The Morgan fingerprint density at radius 2 is 1.68 bits per heavy atom. The first-order valence-electron chi connectivity index (χ1n) is 7.31. The molecule has 0 radical (unpaired) electrons. The maximum absolute atomic E-state index is 4.60. The fraction of sp³-hybridized carbons (Fsp3) is 0.0526. The van der Waals surface area contributed by atoms with E-state index >= 15 is 0 Å². The van der Waals surface area contributed by atoms with Gasteiger partial charge in [-0.15, -0.1) is 0 Å². The normalized spacial score (nSPS) is 12.4. The topological polar surface area (TPSA) is 41.6 Å². The number of H-pyrrole nitrogens is 1. The summed E-state index contributed by atoms with van der Waals surface area (Å²) in [6.07, 6.45) is 5.63. The molecule has 0 aliphatic rings. The molecule has 0 aliphatic carbocycles. The molecule has 0 aliphatic heterocycles. The van der Waals surface area contributed by atoms with Gasteiger partial charge in [-0.1, -0.05) is 30.3 Å². The Bertz CT molecular complexity index is 878. The van der Waals surface area contributed by atoms with Crippen molar-refractivity contribution in [3.05, 3.63) is 96.2 Å². The van der Waals surface area contributed by atoms with Crippen molar-refractivity contribution in [3.8, 4) is 0 Å². The molecule has 3 nitrogen and oxygen atoms in total. The van der Waals surface area contributed by atoms with E-state index in [4.69, 9.17) is 0 Å². The average molecular weight is 285 g/mol.